The Kier molecular flexibility index (Phi) is 4.98. The summed E-state index contributed by atoms with van der Waals surface area (Å²) in [5, 5.41) is 0. The van der Waals surface area contributed by atoms with Gasteiger partial charge in [-0.25, -0.2) is 0 Å². The highest BCUT2D eigenvalue weighted by atomic mass is 14.7. The van der Waals surface area contributed by atoms with E-state index in [0.717, 1.165) is 5.92 Å². The van der Waals surface area contributed by atoms with Gasteiger partial charge in [-0.15, -0.1) is 0 Å². The Morgan fingerprint density at radius 2 is 1.81 bits per heavy atom. The Hall–Kier alpha value is -0.850. The van der Waals surface area contributed by atoms with Gasteiger partial charge in [0.25, 0.3) is 0 Å². The van der Waals surface area contributed by atoms with Crippen molar-refractivity contribution in [2.45, 2.75) is 65.2 Å². The van der Waals surface area contributed by atoms with Crippen molar-refractivity contribution in [1.29, 1.82) is 0 Å². The molecule has 1 fully saturated rings. The van der Waals surface area contributed by atoms with E-state index in [2.05, 4.69) is 37.2 Å². The van der Waals surface area contributed by atoms with Gasteiger partial charge in [-0.05, 0) is 30.4 Å². The molecule has 0 aromatic carbocycles. The zero-order valence-electron chi connectivity index (χ0n) is 9.87. The molecule has 2 rings (SSSR count). The summed E-state index contributed by atoms with van der Waals surface area (Å²) in [5.41, 5.74) is 2.67. The minimum Gasteiger partial charge on any atom is -0.261 e. The largest absolute Gasteiger partial charge is 0.261 e. The minimum atomic E-state index is 0. The third kappa shape index (κ3) is 3.07. The fourth-order valence-electron chi connectivity index (χ4n) is 2.40. The Morgan fingerprint density at radius 1 is 1.12 bits per heavy atom. The van der Waals surface area contributed by atoms with Crippen LogP contribution in [0.1, 0.15) is 76.5 Å². The maximum atomic E-state index is 4.62. The van der Waals surface area contributed by atoms with Crippen LogP contribution in [-0.4, -0.2) is 4.98 Å². The molecule has 0 amide bonds. The average Bonchev–Trinajstić information content (AvgIpc) is 2.30. The molecule has 1 nitrogen and oxygen atoms in total. The van der Waals surface area contributed by atoms with Crippen molar-refractivity contribution >= 4 is 0 Å². The summed E-state index contributed by atoms with van der Waals surface area (Å²) >= 11 is 0. The normalized spacial score (nSPS) is 17.2. The van der Waals surface area contributed by atoms with Crippen LogP contribution >= 0.6 is 0 Å². The van der Waals surface area contributed by atoms with Crippen molar-refractivity contribution in [2.24, 2.45) is 0 Å². The van der Waals surface area contributed by atoms with Crippen LogP contribution in [-0.2, 0) is 0 Å². The second-order valence-electron chi connectivity index (χ2n) is 5.01. The number of rotatable bonds is 2. The molecule has 90 valence electrons. The van der Waals surface area contributed by atoms with E-state index in [-0.39, 0.29) is 7.43 Å². The van der Waals surface area contributed by atoms with Crippen molar-refractivity contribution < 1.29 is 0 Å². The van der Waals surface area contributed by atoms with E-state index < -0.39 is 0 Å². The second kappa shape index (κ2) is 6.03. The van der Waals surface area contributed by atoms with Crippen molar-refractivity contribution in [2.75, 3.05) is 0 Å². The predicted octanol–water partition coefficient (Wildman–Crippen LogP) is 4.89. The summed E-state index contributed by atoms with van der Waals surface area (Å²) in [5.74, 6) is 1.33. The Labute approximate surface area is 100 Å². The summed E-state index contributed by atoms with van der Waals surface area (Å²) in [7, 11) is 0. The molecule has 0 bridgehead atoms. The number of hydrogen-bond donors (Lipinski definition) is 0. The molecule has 1 aromatic heterocycles. The molecule has 0 radical (unpaired) electrons. The second-order valence-corrected chi connectivity index (χ2v) is 5.01. The van der Waals surface area contributed by atoms with E-state index in [0.29, 0.717) is 5.92 Å². The summed E-state index contributed by atoms with van der Waals surface area (Å²) < 4.78 is 0. The third-order valence-corrected chi connectivity index (χ3v) is 3.50. The van der Waals surface area contributed by atoms with Gasteiger partial charge in [0.2, 0.25) is 0 Å². The highest BCUT2D eigenvalue weighted by Gasteiger charge is 2.16. The topological polar surface area (TPSA) is 12.9 Å². The molecule has 1 aliphatic rings. The van der Waals surface area contributed by atoms with Crippen molar-refractivity contribution in [3.8, 4) is 0 Å². The fraction of sp³-hybridized carbons (Fsp3) is 0.667. The molecule has 1 saturated carbocycles. The molecule has 0 saturated heterocycles. The smallest absolute Gasteiger partial charge is 0.0434 e. The first kappa shape index (κ1) is 13.2. The van der Waals surface area contributed by atoms with E-state index in [1.54, 1.807) is 0 Å². The quantitative estimate of drug-likeness (QED) is 0.690. The van der Waals surface area contributed by atoms with Crippen LogP contribution in [0.15, 0.2) is 18.3 Å². The van der Waals surface area contributed by atoms with Gasteiger partial charge in [0.1, 0.15) is 0 Å². The number of hydrogen-bond acceptors (Lipinski definition) is 1. The first-order valence-electron chi connectivity index (χ1n) is 6.23. The molecule has 1 aromatic rings. The summed E-state index contributed by atoms with van der Waals surface area (Å²) in [6.07, 6.45) is 8.94. The first-order valence-corrected chi connectivity index (χ1v) is 6.23. The van der Waals surface area contributed by atoms with Gasteiger partial charge in [-0.1, -0.05) is 46.6 Å². The fourth-order valence-corrected chi connectivity index (χ4v) is 2.40. The molecule has 1 heteroatoms. The highest BCUT2D eigenvalue weighted by Crippen LogP contribution is 2.31. The van der Waals surface area contributed by atoms with Crippen LogP contribution in [0, 0.1) is 0 Å². The number of nitrogens with zero attached hydrogens (tertiary/aromatic N) is 1. The van der Waals surface area contributed by atoms with E-state index >= 15 is 0 Å². The van der Waals surface area contributed by atoms with Gasteiger partial charge >= 0.3 is 0 Å². The molecular formula is C15H25N. The third-order valence-electron chi connectivity index (χ3n) is 3.50. The molecular weight excluding hydrogens is 194 g/mol. The van der Waals surface area contributed by atoms with Gasteiger partial charge in [-0.3, -0.25) is 4.98 Å². The van der Waals surface area contributed by atoms with Crippen LogP contribution in [0.5, 0.6) is 0 Å². The van der Waals surface area contributed by atoms with Crippen molar-refractivity contribution in [3.05, 3.63) is 29.6 Å². The monoisotopic (exact) mass is 219 g/mol. The Morgan fingerprint density at radius 3 is 2.31 bits per heavy atom. The lowest BCUT2D eigenvalue weighted by Crippen LogP contribution is -2.06. The van der Waals surface area contributed by atoms with Crippen LogP contribution in [0.2, 0.25) is 0 Å². The maximum Gasteiger partial charge on any atom is 0.0434 e. The first-order chi connectivity index (χ1) is 7.27. The molecule has 0 spiro atoms. The molecule has 0 aliphatic heterocycles. The Bertz CT molecular complexity index is 294. The van der Waals surface area contributed by atoms with E-state index in [1.807, 2.05) is 0 Å². The van der Waals surface area contributed by atoms with Crippen LogP contribution in [0.4, 0.5) is 0 Å². The number of pyridine rings is 1. The SMILES string of the molecule is C.CC(C)c1ccc(C2CCCCC2)nc1. The van der Waals surface area contributed by atoms with Gasteiger partial charge < -0.3 is 0 Å². The molecule has 1 aliphatic carbocycles. The van der Waals surface area contributed by atoms with E-state index in [9.17, 15) is 0 Å². The molecule has 0 atom stereocenters. The number of aromatic nitrogens is 1. The van der Waals surface area contributed by atoms with Crippen LogP contribution in [0.25, 0.3) is 0 Å². The predicted molar refractivity (Wildman–Crippen MR) is 70.9 cm³/mol. The Balaban J connectivity index is 0.00000128. The van der Waals surface area contributed by atoms with Gasteiger partial charge in [-0.2, -0.15) is 0 Å². The molecule has 0 unspecified atom stereocenters. The van der Waals surface area contributed by atoms with Crippen molar-refractivity contribution in [3.63, 3.8) is 0 Å². The molecule has 1 heterocycles. The summed E-state index contributed by atoms with van der Waals surface area (Å²) in [4.78, 5) is 4.62. The maximum absolute atomic E-state index is 4.62. The average molecular weight is 219 g/mol. The van der Waals surface area contributed by atoms with E-state index in [1.165, 1.54) is 43.4 Å². The molecule has 16 heavy (non-hydrogen) atoms. The van der Waals surface area contributed by atoms with Gasteiger partial charge in [0.15, 0.2) is 0 Å². The van der Waals surface area contributed by atoms with Crippen LogP contribution in [0.3, 0.4) is 0 Å². The van der Waals surface area contributed by atoms with Gasteiger partial charge in [0, 0.05) is 17.8 Å². The summed E-state index contributed by atoms with van der Waals surface area (Å²) in [6.45, 7) is 4.44. The lowest BCUT2D eigenvalue weighted by atomic mass is 9.86. The zero-order valence-corrected chi connectivity index (χ0v) is 9.87. The van der Waals surface area contributed by atoms with Crippen molar-refractivity contribution in [1.82, 2.24) is 4.98 Å². The zero-order chi connectivity index (χ0) is 10.7. The van der Waals surface area contributed by atoms with E-state index in [4.69, 9.17) is 0 Å². The standard InChI is InChI=1S/C14H21N.CH4/c1-11(2)13-8-9-14(15-10-13)12-6-4-3-5-7-12;/h8-12H,3-7H2,1-2H3;1H4. The van der Waals surface area contributed by atoms with Crippen LogP contribution < -0.4 is 0 Å². The highest BCUT2D eigenvalue weighted by molar-refractivity contribution is 5.19. The lowest BCUT2D eigenvalue weighted by Gasteiger charge is -2.21. The van der Waals surface area contributed by atoms with Gasteiger partial charge in [0.05, 0.1) is 0 Å². The summed E-state index contributed by atoms with van der Waals surface area (Å²) in [6, 6.07) is 4.49. The lowest BCUT2D eigenvalue weighted by molar-refractivity contribution is 0.436. The molecule has 0 N–H and O–H groups in total. The minimum absolute atomic E-state index is 0.